The van der Waals surface area contributed by atoms with Gasteiger partial charge in [0, 0.05) is 35.7 Å². The summed E-state index contributed by atoms with van der Waals surface area (Å²) in [5.74, 6) is 0.592. The largest absolute Gasteiger partial charge is 0.494 e. The van der Waals surface area contributed by atoms with E-state index in [4.69, 9.17) is 33.7 Å². The molecule has 0 aliphatic carbocycles. The molecular formula is C30H35Cl2N3O4S. The summed E-state index contributed by atoms with van der Waals surface area (Å²) in [7, 11) is 0. The van der Waals surface area contributed by atoms with Crippen molar-refractivity contribution in [3.63, 3.8) is 0 Å². The van der Waals surface area contributed by atoms with E-state index < -0.39 is 4.92 Å². The Morgan fingerprint density at radius 2 is 1.65 bits per heavy atom. The number of unbranched alkanes of at least 4 members (excludes halogenated alkanes) is 7. The predicted octanol–water partition coefficient (Wildman–Crippen LogP) is 8.33. The molecule has 214 valence electrons. The number of hydrogen-bond donors (Lipinski definition) is 1. The first-order chi connectivity index (χ1) is 19.3. The number of thiophene rings is 1. The number of benzene rings is 2. The number of nitro groups is 1. The molecule has 1 aliphatic heterocycles. The first kappa shape index (κ1) is 30.3. The van der Waals surface area contributed by atoms with Crippen LogP contribution >= 0.6 is 34.5 Å². The normalized spacial score (nSPS) is 13.2. The molecule has 0 fully saturated rings. The molecule has 1 aromatic heterocycles. The average molecular weight is 605 g/mol. The van der Waals surface area contributed by atoms with E-state index in [9.17, 15) is 14.9 Å². The molecule has 0 radical (unpaired) electrons. The molecule has 3 aromatic rings. The molecule has 0 saturated carbocycles. The molecule has 40 heavy (non-hydrogen) atoms. The molecule has 0 atom stereocenters. The van der Waals surface area contributed by atoms with E-state index in [1.807, 2.05) is 0 Å². The number of nitrogens with zero attached hydrogens (tertiary/aromatic N) is 2. The lowest BCUT2D eigenvalue weighted by Crippen LogP contribution is -2.31. The van der Waals surface area contributed by atoms with Crippen LogP contribution in [0.2, 0.25) is 10.0 Å². The van der Waals surface area contributed by atoms with E-state index in [2.05, 4.69) is 4.90 Å². The summed E-state index contributed by atoms with van der Waals surface area (Å²) in [5.41, 5.74) is 8.63. The maximum absolute atomic E-state index is 13.2. The van der Waals surface area contributed by atoms with Crippen molar-refractivity contribution in [2.75, 3.05) is 25.4 Å². The van der Waals surface area contributed by atoms with Crippen molar-refractivity contribution in [1.29, 1.82) is 0 Å². The van der Waals surface area contributed by atoms with Crippen LogP contribution in [-0.4, -0.2) is 35.3 Å². The van der Waals surface area contributed by atoms with Crippen molar-refractivity contribution < 1.29 is 14.5 Å². The fourth-order valence-electron chi connectivity index (χ4n) is 5.05. The quantitative estimate of drug-likeness (QED) is 0.0811. The fraction of sp³-hybridized carbons (Fsp3) is 0.433. The van der Waals surface area contributed by atoms with Crippen molar-refractivity contribution in [2.24, 2.45) is 0 Å². The number of rotatable bonds is 15. The zero-order chi connectivity index (χ0) is 28.5. The number of carbonyl (C=O) groups excluding carboxylic acids is 1. The predicted molar refractivity (Wildman–Crippen MR) is 163 cm³/mol. The van der Waals surface area contributed by atoms with Crippen LogP contribution in [0.4, 0.5) is 10.7 Å². The van der Waals surface area contributed by atoms with Gasteiger partial charge in [-0.2, -0.15) is 0 Å². The summed E-state index contributed by atoms with van der Waals surface area (Å²) >= 11 is 13.7. The lowest BCUT2D eigenvalue weighted by atomic mass is 9.96. The fourth-order valence-corrected chi connectivity index (χ4v) is 6.51. The number of fused-ring (bicyclic) bond motifs is 1. The Balaban J connectivity index is 1.08. The van der Waals surface area contributed by atoms with Crippen LogP contribution in [0.5, 0.6) is 5.75 Å². The highest BCUT2D eigenvalue weighted by atomic mass is 35.5. The van der Waals surface area contributed by atoms with E-state index in [0.717, 1.165) is 44.5 Å². The van der Waals surface area contributed by atoms with Crippen molar-refractivity contribution in [1.82, 2.24) is 4.90 Å². The van der Waals surface area contributed by atoms with Crippen LogP contribution in [0.1, 0.15) is 77.7 Å². The van der Waals surface area contributed by atoms with Gasteiger partial charge in [0.15, 0.2) is 5.78 Å². The van der Waals surface area contributed by atoms with Crippen molar-refractivity contribution in [3.05, 3.63) is 84.2 Å². The molecule has 10 heteroatoms. The van der Waals surface area contributed by atoms with Gasteiger partial charge in [-0.3, -0.25) is 19.8 Å². The summed E-state index contributed by atoms with van der Waals surface area (Å²) in [6, 6.07) is 11.2. The van der Waals surface area contributed by atoms with Crippen LogP contribution in [0, 0.1) is 10.1 Å². The van der Waals surface area contributed by atoms with Crippen LogP contribution in [-0.2, 0) is 13.0 Å². The number of carbonyl (C=O) groups is 1. The minimum absolute atomic E-state index is 0.0778. The Bertz CT molecular complexity index is 1310. The van der Waals surface area contributed by atoms with Gasteiger partial charge >= 0.3 is 0 Å². The van der Waals surface area contributed by atoms with Gasteiger partial charge in [-0.15, -0.1) is 11.3 Å². The molecule has 0 spiro atoms. The molecule has 2 N–H and O–H groups in total. The standard InChI is InChI=1S/C30H35Cl2N3O4S/c31-25-14-9-21(19-26(25)32)29(36)28-24-15-17-34(20-27(24)40-30(28)33)16-7-5-3-1-2-4-6-8-18-39-23-12-10-22(11-13-23)35(37)38/h9-14,19H,1-8,15-18,20,33H2. The van der Waals surface area contributed by atoms with E-state index in [1.165, 1.54) is 66.9 Å². The molecule has 1 aliphatic rings. The topological polar surface area (TPSA) is 98.7 Å². The monoisotopic (exact) mass is 603 g/mol. The molecule has 4 rings (SSSR count). The van der Waals surface area contributed by atoms with Gasteiger partial charge in [-0.1, -0.05) is 61.7 Å². The highest BCUT2D eigenvalue weighted by Gasteiger charge is 2.27. The molecule has 0 saturated heterocycles. The third-order valence-corrected chi connectivity index (χ3v) is 9.04. The maximum Gasteiger partial charge on any atom is 0.269 e. The minimum Gasteiger partial charge on any atom is -0.494 e. The third kappa shape index (κ3) is 8.19. The Morgan fingerprint density at radius 3 is 2.33 bits per heavy atom. The SMILES string of the molecule is Nc1sc2c(c1C(=O)c1ccc(Cl)c(Cl)c1)CCN(CCCCCCCCCCOc1ccc([N+](=O)[O-])cc1)C2. The number of hydrogen-bond acceptors (Lipinski definition) is 7. The number of ether oxygens (including phenoxy) is 1. The van der Waals surface area contributed by atoms with E-state index >= 15 is 0 Å². The molecule has 0 unspecified atom stereocenters. The molecule has 2 aromatic carbocycles. The van der Waals surface area contributed by atoms with E-state index in [0.29, 0.717) is 38.5 Å². The number of ketones is 1. The smallest absolute Gasteiger partial charge is 0.269 e. The molecule has 0 amide bonds. The highest BCUT2D eigenvalue weighted by molar-refractivity contribution is 7.16. The van der Waals surface area contributed by atoms with Crippen LogP contribution in [0.25, 0.3) is 0 Å². The summed E-state index contributed by atoms with van der Waals surface area (Å²) in [6.07, 6.45) is 10.3. The molecular weight excluding hydrogens is 569 g/mol. The van der Waals surface area contributed by atoms with Crippen molar-refractivity contribution >= 4 is 51.0 Å². The van der Waals surface area contributed by atoms with E-state index in [1.54, 1.807) is 30.3 Å². The van der Waals surface area contributed by atoms with E-state index in [-0.39, 0.29) is 11.5 Å². The number of nitrogens with two attached hydrogens (primary N) is 1. The third-order valence-electron chi connectivity index (χ3n) is 7.26. The van der Waals surface area contributed by atoms with Crippen molar-refractivity contribution in [2.45, 2.75) is 64.3 Å². The van der Waals surface area contributed by atoms with Gasteiger partial charge in [0.2, 0.25) is 0 Å². The summed E-state index contributed by atoms with van der Waals surface area (Å²) < 4.78 is 5.67. The Hall–Kier alpha value is -2.65. The summed E-state index contributed by atoms with van der Waals surface area (Å²) in [4.78, 5) is 27.1. The van der Waals surface area contributed by atoms with Gasteiger partial charge in [-0.05, 0) is 61.7 Å². The second kappa shape index (κ2) is 14.8. The zero-order valence-electron chi connectivity index (χ0n) is 22.5. The lowest BCUT2D eigenvalue weighted by molar-refractivity contribution is -0.384. The summed E-state index contributed by atoms with van der Waals surface area (Å²) in [6.45, 7) is 3.48. The second-order valence-corrected chi connectivity index (χ2v) is 12.1. The van der Waals surface area contributed by atoms with Crippen molar-refractivity contribution in [3.8, 4) is 5.75 Å². The number of nitrogen functional groups attached to an aromatic ring is 1. The lowest BCUT2D eigenvalue weighted by Gasteiger charge is -2.27. The Morgan fingerprint density at radius 1 is 0.975 bits per heavy atom. The van der Waals surface area contributed by atoms with Gasteiger partial charge in [0.05, 0.1) is 32.1 Å². The Kier molecular flexibility index (Phi) is 11.2. The molecule has 0 bridgehead atoms. The Labute approximate surface area is 249 Å². The van der Waals surface area contributed by atoms with Gasteiger partial charge in [0.25, 0.3) is 5.69 Å². The minimum atomic E-state index is -0.408. The summed E-state index contributed by atoms with van der Waals surface area (Å²) in [5, 5.41) is 12.1. The number of halogens is 2. The second-order valence-electron chi connectivity index (χ2n) is 10.2. The maximum atomic E-state index is 13.2. The molecule has 7 nitrogen and oxygen atoms in total. The van der Waals surface area contributed by atoms with Gasteiger partial charge in [-0.25, -0.2) is 0 Å². The number of anilines is 1. The number of non-ortho nitro benzene ring substituents is 1. The average Bonchev–Trinajstić information content (AvgIpc) is 3.27. The van der Waals surface area contributed by atoms with Gasteiger partial charge in [0.1, 0.15) is 5.75 Å². The first-order valence-electron chi connectivity index (χ1n) is 13.8. The molecule has 2 heterocycles. The van der Waals surface area contributed by atoms with Crippen LogP contribution in [0.15, 0.2) is 42.5 Å². The van der Waals surface area contributed by atoms with Crippen LogP contribution < -0.4 is 10.5 Å². The highest BCUT2D eigenvalue weighted by Crippen LogP contribution is 2.37. The zero-order valence-corrected chi connectivity index (χ0v) is 24.8. The van der Waals surface area contributed by atoms with Gasteiger partial charge < -0.3 is 10.5 Å². The number of nitro benzene ring substituents is 1. The first-order valence-corrected chi connectivity index (χ1v) is 15.4. The van der Waals surface area contributed by atoms with Crippen LogP contribution in [0.3, 0.4) is 0 Å².